The Morgan fingerprint density at radius 1 is 1.25 bits per heavy atom. The molecule has 0 aliphatic carbocycles. The fourth-order valence-electron chi connectivity index (χ4n) is 2.11. The van der Waals surface area contributed by atoms with Crippen molar-refractivity contribution in [1.29, 1.82) is 0 Å². The van der Waals surface area contributed by atoms with Crippen molar-refractivity contribution in [2.45, 2.75) is 18.8 Å². The van der Waals surface area contributed by atoms with Crippen molar-refractivity contribution in [3.63, 3.8) is 0 Å². The largest absolute Gasteiger partial charge is 0.394 e. The summed E-state index contributed by atoms with van der Waals surface area (Å²) in [7, 11) is 2.16. The number of nitrogens with zero attached hydrogens (tertiary/aromatic N) is 2. The Morgan fingerprint density at radius 3 is 2.62 bits per heavy atom. The van der Waals surface area contributed by atoms with Gasteiger partial charge in [-0.3, -0.25) is 0 Å². The summed E-state index contributed by atoms with van der Waals surface area (Å²) in [4.78, 5) is 4.79. The molecule has 0 radical (unpaired) electrons. The molecule has 94 valence electrons. The molecule has 2 aliphatic rings. The number of likely N-dealkylation sites (N-methyl/N-ethyl adjacent to an activating group) is 1. The van der Waals surface area contributed by atoms with E-state index in [4.69, 9.17) is 14.6 Å². The maximum absolute atomic E-state index is 8.91. The second kappa shape index (κ2) is 5.93. The topological polar surface area (TPSA) is 45.2 Å². The van der Waals surface area contributed by atoms with Gasteiger partial charge in [0.1, 0.15) is 6.10 Å². The van der Waals surface area contributed by atoms with Gasteiger partial charge in [-0.25, -0.2) is 0 Å². The first-order valence-electron chi connectivity index (χ1n) is 6.07. The standard InChI is InChI=1S/C11H22N2O3/c1-12-4-6-13(7-5-12)3-2-11-15-9-10(8-14)16-11/h10-11,14H,2-9H2,1H3. The Kier molecular flexibility index (Phi) is 4.55. The van der Waals surface area contributed by atoms with Crippen LogP contribution in [0.2, 0.25) is 0 Å². The molecular weight excluding hydrogens is 208 g/mol. The molecule has 0 aromatic carbocycles. The first-order valence-corrected chi connectivity index (χ1v) is 6.07. The zero-order valence-electron chi connectivity index (χ0n) is 9.97. The van der Waals surface area contributed by atoms with Crippen LogP contribution in [0, 0.1) is 0 Å². The molecule has 5 nitrogen and oxygen atoms in total. The Hall–Kier alpha value is -0.200. The normalized spacial score (nSPS) is 33.4. The van der Waals surface area contributed by atoms with Gasteiger partial charge < -0.3 is 24.4 Å². The minimum absolute atomic E-state index is 0.0605. The highest BCUT2D eigenvalue weighted by molar-refractivity contribution is 4.71. The van der Waals surface area contributed by atoms with Gasteiger partial charge in [-0.05, 0) is 7.05 Å². The molecule has 5 heteroatoms. The van der Waals surface area contributed by atoms with Gasteiger partial charge in [0, 0.05) is 39.1 Å². The third kappa shape index (κ3) is 3.40. The zero-order valence-corrected chi connectivity index (χ0v) is 9.97. The van der Waals surface area contributed by atoms with Crippen molar-refractivity contribution < 1.29 is 14.6 Å². The summed E-state index contributed by atoms with van der Waals surface area (Å²) in [5.41, 5.74) is 0. The monoisotopic (exact) mass is 230 g/mol. The van der Waals surface area contributed by atoms with Crippen LogP contribution in [-0.2, 0) is 9.47 Å². The summed E-state index contributed by atoms with van der Waals surface area (Å²) in [6.45, 7) is 6.17. The Morgan fingerprint density at radius 2 is 2.00 bits per heavy atom. The highest BCUT2D eigenvalue weighted by atomic mass is 16.7. The lowest BCUT2D eigenvalue weighted by atomic mass is 10.3. The maximum Gasteiger partial charge on any atom is 0.159 e. The van der Waals surface area contributed by atoms with E-state index in [9.17, 15) is 0 Å². The summed E-state index contributed by atoms with van der Waals surface area (Å²) < 4.78 is 11.0. The van der Waals surface area contributed by atoms with Crippen molar-refractivity contribution in [1.82, 2.24) is 9.80 Å². The van der Waals surface area contributed by atoms with Gasteiger partial charge in [-0.15, -0.1) is 0 Å². The van der Waals surface area contributed by atoms with Gasteiger partial charge >= 0.3 is 0 Å². The van der Waals surface area contributed by atoms with Gasteiger partial charge in [0.2, 0.25) is 0 Å². The summed E-state index contributed by atoms with van der Waals surface area (Å²) in [5, 5.41) is 8.91. The first kappa shape index (κ1) is 12.3. The molecule has 0 saturated carbocycles. The van der Waals surface area contributed by atoms with Crippen molar-refractivity contribution in [3.05, 3.63) is 0 Å². The van der Waals surface area contributed by atoms with E-state index in [-0.39, 0.29) is 19.0 Å². The lowest BCUT2D eigenvalue weighted by molar-refractivity contribution is -0.0739. The van der Waals surface area contributed by atoms with E-state index in [1.807, 2.05) is 0 Å². The molecule has 0 aromatic heterocycles. The lowest BCUT2D eigenvalue weighted by Gasteiger charge is -2.32. The molecule has 2 rings (SSSR count). The van der Waals surface area contributed by atoms with E-state index in [0.717, 1.165) is 39.1 Å². The third-order valence-electron chi connectivity index (χ3n) is 3.29. The van der Waals surface area contributed by atoms with Crippen molar-refractivity contribution >= 4 is 0 Å². The summed E-state index contributed by atoms with van der Waals surface area (Å²) >= 11 is 0. The van der Waals surface area contributed by atoms with Crippen LogP contribution in [0.4, 0.5) is 0 Å². The summed E-state index contributed by atoms with van der Waals surface area (Å²) in [5.74, 6) is 0. The van der Waals surface area contributed by atoms with Crippen LogP contribution in [0.25, 0.3) is 0 Å². The number of aliphatic hydroxyl groups excluding tert-OH is 1. The molecule has 2 aliphatic heterocycles. The second-order valence-corrected chi connectivity index (χ2v) is 4.64. The molecule has 0 spiro atoms. The van der Waals surface area contributed by atoms with Crippen molar-refractivity contribution in [2.24, 2.45) is 0 Å². The van der Waals surface area contributed by atoms with Crippen molar-refractivity contribution in [2.75, 3.05) is 53.0 Å². The molecular formula is C11H22N2O3. The third-order valence-corrected chi connectivity index (χ3v) is 3.29. The summed E-state index contributed by atoms with van der Waals surface area (Å²) in [6, 6.07) is 0. The first-order chi connectivity index (χ1) is 7.78. The van der Waals surface area contributed by atoms with E-state index >= 15 is 0 Å². The number of hydrogen-bond donors (Lipinski definition) is 1. The van der Waals surface area contributed by atoms with Crippen molar-refractivity contribution in [3.8, 4) is 0 Å². The number of hydrogen-bond acceptors (Lipinski definition) is 5. The number of piperazine rings is 1. The smallest absolute Gasteiger partial charge is 0.159 e. The molecule has 2 atom stereocenters. The molecule has 2 unspecified atom stereocenters. The van der Waals surface area contributed by atoms with Crippen LogP contribution >= 0.6 is 0 Å². The fraction of sp³-hybridized carbons (Fsp3) is 1.00. The number of aliphatic hydroxyl groups is 1. The van der Waals surface area contributed by atoms with E-state index in [0.29, 0.717) is 6.61 Å². The second-order valence-electron chi connectivity index (χ2n) is 4.64. The van der Waals surface area contributed by atoms with Crippen LogP contribution in [0.15, 0.2) is 0 Å². The minimum atomic E-state index is -0.114. The molecule has 2 heterocycles. The van der Waals surface area contributed by atoms with E-state index < -0.39 is 0 Å². The van der Waals surface area contributed by atoms with Crippen LogP contribution < -0.4 is 0 Å². The van der Waals surface area contributed by atoms with Gasteiger partial charge in [-0.1, -0.05) is 0 Å². The molecule has 1 N–H and O–H groups in total. The SMILES string of the molecule is CN1CCN(CCC2OCC(CO)O2)CC1. The Balaban J connectivity index is 1.61. The molecule has 0 bridgehead atoms. The lowest BCUT2D eigenvalue weighted by Crippen LogP contribution is -2.45. The molecule has 2 fully saturated rings. The average Bonchev–Trinajstić information content (AvgIpc) is 2.76. The quantitative estimate of drug-likeness (QED) is 0.696. The van der Waals surface area contributed by atoms with Crippen LogP contribution in [-0.4, -0.2) is 80.3 Å². The Labute approximate surface area is 96.9 Å². The van der Waals surface area contributed by atoms with Gasteiger partial charge in [-0.2, -0.15) is 0 Å². The molecule has 0 amide bonds. The molecule has 0 aromatic rings. The molecule has 2 saturated heterocycles. The van der Waals surface area contributed by atoms with E-state index in [1.54, 1.807) is 0 Å². The van der Waals surface area contributed by atoms with Gasteiger partial charge in [0.25, 0.3) is 0 Å². The summed E-state index contributed by atoms with van der Waals surface area (Å²) in [6.07, 6.45) is 0.675. The van der Waals surface area contributed by atoms with Crippen LogP contribution in [0.5, 0.6) is 0 Å². The Bertz CT molecular complexity index is 205. The van der Waals surface area contributed by atoms with Gasteiger partial charge in [0.05, 0.1) is 13.2 Å². The van der Waals surface area contributed by atoms with E-state index in [2.05, 4.69) is 16.8 Å². The number of ether oxygens (including phenoxy) is 2. The van der Waals surface area contributed by atoms with Crippen LogP contribution in [0.3, 0.4) is 0 Å². The van der Waals surface area contributed by atoms with E-state index in [1.165, 1.54) is 0 Å². The van der Waals surface area contributed by atoms with Crippen LogP contribution in [0.1, 0.15) is 6.42 Å². The highest BCUT2D eigenvalue weighted by Gasteiger charge is 2.25. The zero-order chi connectivity index (χ0) is 11.4. The predicted molar refractivity (Wildman–Crippen MR) is 60.3 cm³/mol. The molecule has 16 heavy (non-hydrogen) atoms. The predicted octanol–water partition coefficient (Wildman–Crippen LogP) is -0.642. The fourth-order valence-corrected chi connectivity index (χ4v) is 2.11. The van der Waals surface area contributed by atoms with Gasteiger partial charge in [0.15, 0.2) is 6.29 Å². The minimum Gasteiger partial charge on any atom is -0.394 e. The average molecular weight is 230 g/mol. The number of rotatable bonds is 4. The maximum atomic E-state index is 8.91. The highest BCUT2D eigenvalue weighted by Crippen LogP contribution is 2.15.